The molecule has 26 heavy (non-hydrogen) atoms. The molecule has 0 atom stereocenters. The van der Waals surface area contributed by atoms with E-state index in [1.54, 1.807) is 7.11 Å². The summed E-state index contributed by atoms with van der Waals surface area (Å²) >= 11 is 2.03. The predicted molar refractivity (Wildman–Crippen MR) is 122 cm³/mol. The van der Waals surface area contributed by atoms with Gasteiger partial charge in [-0.05, 0) is 38.5 Å². The summed E-state index contributed by atoms with van der Waals surface area (Å²) in [5, 5.41) is 3.44. The van der Waals surface area contributed by atoms with Crippen molar-refractivity contribution in [3.8, 4) is 5.75 Å². The Morgan fingerprint density at radius 3 is 2.85 bits per heavy atom. The SMILES string of the molecule is CCNC(=NCc1cccc(OCCOC)c1)N1CCSC(C)(C)C1.I. The molecular weight excluding hydrogens is 461 g/mol. The molecule has 2 rings (SSSR count). The maximum Gasteiger partial charge on any atom is 0.194 e. The zero-order valence-electron chi connectivity index (χ0n) is 16.3. The average molecular weight is 493 g/mol. The summed E-state index contributed by atoms with van der Waals surface area (Å²) in [6, 6.07) is 8.13. The van der Waals surface area contributed by atoms with Gasteiger partial charge in [-0.25, -0.2) is 4.99 Å². The van der Waals surface area contributed by atoms with Crippen LogP contribution in [0, 0.1) is 0 Å². The van der Waals surface area contributed by atoms with Crippen molar-refractivity contribution in [2.75, 3.05) is 45.7 Å². The Morgan fingerprint density at radius 1 is 1.35 bits per heavy atom. The molecule has 1 heterocycles. The minimum atomic E-state index is 0. The topological polar surface area (TPSA) is 46.1 Å². The van der Waals surface area contributed by atoms with Gasteiger partial charge in [0.05, 0.1) is 13.2 Å². The number of benzene rings is 1. The smallest absolute Gasteiger partial charge is 0.194 e. The van der Waals surface area contributed by atoms with Crippen molar-refractivity contribution in [1.29, 1.82) is 0 Å². The van der Waals surface area contributed by atoms with Gasteiger partial charge in [-0.1, -0.05) is 12.1 Å². The van der Waals surface area contributed by atoms with E-state index < -0.39 is 0 Å². The second kappa shape index (κ2) is 11.9. The molecule has 1 aliphatic rings. The third kappa shape index (κ3) is 7.92. The number of methoxy groups -OCH3 is 1. The molecule has 0 aromatic heterocycles. The number of hydrogen-bond donors (Lipinski definition) is 1. The summed E-state index contributed by atoms with van der Waals surface area (Å²) < 4.78 is 11.0. The van der Waals surface area contributed by atoms with Crippen molar-refractivity contribution in [3.05, 3.63) is 29.8 Å². The second-order valence-corrected chi connectivity index (χ2v) is 8.49. The fourth-order valence-electron chi connectivity index (χ4n) is 2.77. The van der Waals surface area contributed by atoms with Crippen molar-refractivity contribution in [1.82, 2.24) is 10.2 Å². The molecule has 1 saturated heterocycles. The molecule has 1 N–H and O–H groups in total. The quantitative estimate of drug-likeness (QED) is 0.272. The van der Waals surface area contributed by atoms with E-state index in [9.17, 15) is 0 Å². The number of ether oxygens (including phenoxy) is 2. The first-order valence-corrected chi connectivity index (χ1v) is 9.90. The van der Waals surface area contributed by atoms with E-state index in [2.05, 4.69) is 43.1 Å². The van der Waals surface area contributed by atoms with Gasteiger partial charge in [-0.15, -0.1) is 24.0 Å². The highest BCUT2D eigenvalue weighted by Crippen LogP contribution is 2.29. The summed E-state index contributed by atoms with van der Waals surface area (Å²) in [4.78, 5) is 7.23. The Labute approximate surface area is 179 Å². The zero-order chi connectivity index (χ0) is 18.1. The molecule has 0 aliphatic carbocycles. The van der Waals surface area contributed by atoms with Gasteiger partial charge in [-0.2, -0.15) is 11.8 Å². The van der Waals surface area contributed by atoms with Crippen LogP contribution in [0.15, 0.2) is 29.3 Å². The van der Waals surface area contributed by atoms with E-state index in [4.69, 9.17) is 14.5 Å². The van der Waals surface area contributed by atoms with Crippen molar-refractivity contribution in [2.24, 2.45) is 4.99 Å². The summed E-state index contributed by atoms with van der Waals surface area (Å²) in [5.41, 5.74) is 1.15. The van der Waals surface area contributed by atoms with E-state index in [1.807, 2.05) is 23.9 Å². The lowest BCUT2D eigenvalue weighted by molar-refractivity contribution is 0.146. The van der Waals surface area contributed by atoms with Crippen molar-refractivity contribution in [2.45, 2.75) is 32.1 Å². The van der Waals surface area contributed by atoms with Gasteiger partial charge < -0.3 is 19.7 Å². The molecule has 148 valence electrons. The van der Waals surface area contributed by atoms with Crippen LogP contribution < -0.4 is 10.1 Å². The molecular formula is C19H32IN3O2S. The molecule has 0 spiro atoms. The fourth-order valence-corrected chi connectivity index (χ4v) is 3.88. The number of rotatable bonds is 7. The molecule has 0 bridgehead atoms. The van der Waals surface area contributed by atoms with Gasteiger partial charge in [0, 0.05) is 37.2 Å². The Balaban J connectivity index is 0.00000338. The van der Waals surface area contributed by atoms with Crippen molar-refractivity contribution < 1.29 is 9.47 Å². The predicted octanol–water partition coefficient (Wildman–Crippen LogP) is 3.62. The standard InChI is InChI=1S/C19H31N3O2S.HI/c1-5-20-18(22-9-12-25-19(2,3)15-22)21-14-16-7-6-8-17(13-16)24-11-10-23-4;/h6-8,13H,5,9-12,14-15H2,1-4H3,(H,20,21);1H. The van der Waals surface area contributed by atoms with Gasteiger partial charge in [0.2, 0.25) is 0 Å². The van der Waals surface area contributed by atoms with Crippen LogP contribution in [-0.2, 0) is 11.3 Å². The van der Waals surface area contributed by atoms with E-state index in [1.165, 1.54) is 0 Å². The Morgan fingerprint density at radius 2 is 2.15 bits per heavy atom. The first-order chi connectivity index (χ1) is 12.0. The summed E-state index contributed by atoms with van der Waals surface area (Å²) in [7, 11) is 1.68. The Bertz CT molecular complexity index is 569. The lowest BCUT2D eigenvalue weighted by Gasteiger charge is -2.39. The number of hydrogen-bond acceptors (Lipinski definition) is 4. The van der Waals surface area contributed by atoms with E-state index in [-0.39, 0.29) is 28.7 Å². The molecule has 1 aliphatic heterocycles. The van der Waals surface area contributed by atoms with Crippen LogP contribution in [0.2, 0.25) is 0 Å². The Kier molecular flexibility index (Phi) is 10.7. The van der Waals surface area contributed by atoms with Crippen LogP contribution in [0.1, 0.15) is 26.3 Å². The monoisotopic (exact) mass is 493 g/mol. The van der Waals surface area contributed by atoms with Gasteiger partial charge >= 0.3 is 0 Å². The first kappa shape index (κ1) is 23.4. The summed E-state index contributed by atoms with van der Waals surface area (Å²) in [5.74, 6) is 3.01. The van der Waals surface area contributed by atoms with E-state index in [0.29, 0.717) is 19.8 Å². The number of nitrogens with zero attached hydrogens (tertiary/aromatic N) is 2. The number of thioether (sulfide) groups is 1. The van der Waals surface area contributed by atoms with Crippen LogP contribution in [-0.4, -0.2) is 61.3 Å². The van der Waals surface area contributed by atoms with Crippen LogP contribution >= 0.6 is 35.7 Å². The molecule has 0 saturated carbocycles. The highest BCUT2D eigenvalue weighted by molar-refractivity contribution is 14.0. The van der Waals surface area contributed by atoms with Crippen molar-refractivity contribution >= 4 is 41.7 Å². The minimum absolute atomic E-state index is 0. The van der Waals surface area contributed by atoms with Crippen molar-refractivity contribution in [3.63, 3.8) is 0 Å². The first-order valence-electron chi connectivity index (χ1n) is 8.92. The lowest BCUT2D eigenvalue weighted by Crippen LogP contribution is -2.50. The van der Waals surface area contributed by atoms with Gasteiger partial charge in [0.15, 0.2) is 5.96 Å². The molecule has 7 heteroatoms. The highest BCUT2D eigenvalue weighted by atomic mass is 127. The molecule has 0 amide bonds. The third-order valence-electron chi connectivity index (χ3n) is 3.93. The maximum atomic E-state index is 5.68. The third-order valence-corrected chi connectivity index (χ3v) is 5.22. The number of halogens is 1. The lowest BCUT2D eigenvalue weighted by atomic mass is 10.2. The maximum absolute atomic E-state index is 5.68. The molecule has 1 aromatic rings. The van der Waals surface area contributed by atoms with Crippen LogP contribution in [0.5, 0.6) is 5.75 Å². The largest absolute Gasteiger partial charge is 0.491 e. The molecule has 0 radical (unpaired) electrons. The molecule has 0 unspecified atom stereocenters. The number of nitrogens with one attached hydrogen (secondary N) is 1. The van der Waals surface area contributed by atoms with Gasteiger partial charge in [0.25, 0.3) is 0 Å². The second-order valence-electron chi connectivity index (χ2n) is 6.69. The van der Waals surface area contributed by atoms with Gasteiger partial charge in [0.1, 0.15) is 12.4 Å². The summed E-state index contributed by atoms with van der Waals surface area (Å²) in [6.45, 7) is 11.5. The van der Waals surface area contributed by atoms with Crippen LogP contribution in [0.25, 0.3) is 0 Å². The van der Waals surface area contributed by atoms with Gasteiger partial charge in [-0.3, -0.25) is 0 Å². The highest BCUT2D eigenvalue weighted by Gasteiger charge is 2.28. The molecule has 1 fully saturated rings. The van der Waals surface area contributed by atoms with E-state index >= 15 is 0 Å². The van der Waals surface area contributed by atoms with Crippen LogP contribution in [0.4, 0.5) is 0 Å². The average Bonchev–Trinajstić information content (AvgIpc) is 2.58. The number of aliphatic imine (C=N–C) groups is 1. The Hall–Kier alpha value is -0.670. The summed E-state index contributed by atoms with van der Waals surface area (Å²) in [6.07, 6.45) is 0. The molecule has 5 nitrogen and oxygen atoms in total. The van der Waals surface area contributed by atoms with Crippen LogP contribution in [0.3, 0.4) is 0 Å². The van der Waals surface area contributed by atoms with E-state index in [0.717, 1.165) is 42.7 Å². The zero-order valence-corrected chi connectivity index (χ0v) is 19.4. The minimum Gasteiger partial charge on any atom is -0.491 e. The fraction of sp³-hybridized carbons (Fsp3) is 0.632. The number of guanidine groups is 1. The normalized spacial score (nSPS) is 16.8. The molecule has 1 aromatic carbocycles.